The van der Waals surface area contributed by atoms with Gasteiger partial charge in [0, 0.05) is 24.9 Å². The minimum Gasteiger partial charge on any atom is -0.418 e. The molecule has 1 aliphatic heterocycles. The maximum absolute atomic E-state index is 9.75. The number of hydrogen-bond donors (Lipinski definition) is 0. The van der Waals surface area contributed by atoms with Crippen LogP contribution in [0.1, 0.15) is 26.2 Å². The van der Waals surface area contributed by atoms with Crippen LogP contribution in [0.15, 0.2) is 23.4 Å². The van der Waals surface area contributed by atoms with Gasteiger partial charge in [-0.05, 0) is 31.4 Å². The van der Waals surface area contributed by atoms with Crippen molar-refractivity contribution in [1.29, 1.82) is 0 Å². The van der Waals surface area contributed by atoms with Crippen LogP contribution in [0.3, 0.4) is 0 Å². The number of rotatable bonds is 1. The van der Waals surface area contributed by atoms with Crippen molar-refractivity contribution in [2.24, 2.45) is 0 Å². The van der Waals surface area contributed by atoms with Crippen LogP contribution in [0, 0.1) is 0 Å². The largest absolute Gasteiger partial charge is 0.673 e. The Morgan fingerprint density at radius 3 is 2.16 bits per heavy atom. The quantitative estimate of drug-likeness (QED) is 0.313. The van der Waals surface area contributed by atoms with E-state index in [4.69, 9.17) is 5.53 Å². The molecule has 1 heterocycles. The third-order valence-corrected chi connectivity index (χ3v) is 2.87. The fourth-order valence-corrected chi connectivity index (χ4v) is 2.15. The minimum atomic E-state index is -6.00. The van der Waals surface area contributed by atoms with Gasteiger partial charge in [0.1, 0.15) is 0 Å². The van der Waals surface area contributed by atoms with Gasteiger partial charge in [-0.1, -0.05) is 0 Å². The highest BCUT2D eigenvalue weighted by atomic mass is 19.5. The Balaban J connectivity index is 0.000000312. The summed E-state index contributed by atoms with van der Waals surface area (Å²) in [7, 11) is -6.00. The third kappa shape index (κ3) is 5.74. The van der Waals surface area contributed by atoms with Crippen LogP contribution in [0.5, 0.6) is 0 Å². The van der Waals surface area contributed by atoms with Crippen molar-refractivity contribution < 1.29 is 22.1 Å². The van der Waals surface area contributed by atoms with Gasteiger partial charge in [-0.15, -0.1) is 0 Å². The van der Waals surface area contributed by atoms with E-state index >= 15 is 0 Å². The Morgan fingerprint density at radius 1 is 1.21 bits per heavy atom. The zero-order valence-corrected chi connectivity index (χ0v) is 10.6. The summed E-state index contributed by atoms with van der Waals surface area (Å²) in [6, 6.07) is 0. The highest BCUT2D eigenvalue weighted by Gasteiger charge is 2.21. The fraction of sp³-hybridized carbons (Fsp3) is 0.545. The first-order valence-electron chi connectivity index (χ1n) is 6.03. The molecule has 0 N–H and O–H groups in total. The highest BCUT2D eigenvalue weighted by molar-refractivity contribution is 6.50. The zero-order valence-electron chi connectivity index (χ0n) is 10.6. The molecule has 0 spiro atoms. The second kappa shape index (κ2) is 6.56. The fourth-order valence-electron chi connectivity index (χ4n) is 2.15. The first-order valence-corrected chi connectivity index (χ1v) is 6.03. The molecule has 0 radical (unpaired) electrons. The molecular weight excluding hydrogens is 261 g/mol. The second-order valence-electron chi connectivity index (χ2n) is 4.40. The lowest BCUT2D eigenvalue weighted by molar-refractivity contribution is -0.00553. The lowest BCUT2D eigenvalue weighted by Crippen LogP contribution is -2.21. The van der Waals surface area contributed by atoms with E-state index in [1.165, 1.54) is 37.2 Å². The van der Waals surface area contributed by atoms with E-state index in [1.54, 1.807) is 0 Å². The van der Waals surface area contributed by atoms with E-state index in [9.17, 15) is 17.3 Å². The summed E-state index contributed by atoms with van der Waals surface area (Å²) in [6.07, 6.45) is 7.47. The minimum absolute atomic E-state index is 0.750. The molecule has 19 heavy (non-hydrogen) atoms. The van der Waals surface area contributed by atoms with Gasteiger partial charge in [0.25, 0.3) is 5.71 Å². The van der Waals surface area contributed by atoms with Crippen molar-refractivity contribution in [3.8, 4) is 0 Å². The van der Waals surface area contributed by atoms with Crippen molar-refractivity contribution in [3.63, 3.8) is 0 Å². The Kier molecular flexibility index (Phi) is 5.36. The molecule has 2 aliphatic rings. The second-order valence-corrected chi connectivity index (χ2v) is 4.40. The first-order chi connectivity index (χ1) is 8.81. The van der Waals surface area contributed by atoms with Gasteiger partial charge < -0.3 is 27.7 Å². The molecule has 0 aromatic rings. The standard InChI is InChI=1S/C11H15N3.BF4/c1-9-8-10(13-12)4-5-11(9)14-6-2-3-7-14;2-1(3,4)5/h5,8H,2-4,6-7H2,1H3;/q;-1. The molecule has 1 aliphatic carbocycles. The van der Waals surface area contributed by atoms with Gasteiger partial charge in [-0.3, -0.25) is 0 Å². The van der Waals surface area contributed by atoms with Crippen LogP contribution < -0.4 is 0 Å². The normalized spacial score (nSPS) is 19.2. The highest BCUT2D eigenvalue weighted by Crippen LogP contribution is 2.24. The van der Waals surface area contributed by atoms with Crippen molar-refractivity contribution in [2.45, 2.75) is 26.2 Å². The maximum atomic E-state index is 9.75. The molecule has 0 aromatic heterocycles. The van der Waals surface area contributed by atoms with Crippen molar-refractivity contribution in [3.05, 3.63) is 29.0 Å². The molecule has 8 heteroatoms. The number of hydrogen-bond acceptors (Lipinski definition) is 1. The summed E-state index contributed by atoms with van der Waals surface area (Å²) in [5.41, 5.74) is 12.0. The monoisotopic (exact) mass is 276 g/mol. The van der Waals surface area contributed by atoms with Crippen LogP contribution in [0.4, 0.5) is 17.3 Å². The third-order valence-electron chi connectivity index (χ3n) is 2.87. The van der Waals surface area contributed by atoms with Crippen LogP contribution >= 0.6 is 0 Å². The lowest BCUT2D eigenvalue weighted by atomic mass is 10.0. The number of allylic oxidation sites excluding steroid dienone is 3. The van der Waals surface area contributed by atoms with E-state index in [1.807, 2.05) is 6.08 Å². The lowest BCUT2D eigenvalue weighted by Gasteiger charge is -2.23. The molecule has 0 amide bonds. The van der Waals surface area contributed by atoms with Gasteiger partial charge in [-0.25, -0.2) is 0 Å². The molecule has 0 bridgehead atoms. The molecule has 3 nitrogen and oxygen atoms in total. The topological polar surface area (TPSA) is 39.6 Å². The smallest absolute Gasteiger partial charge is 0.418 e. The van der Waals surface area contributed by atoms with Crippen LogP contribution in [-0.4, -0.2) is 35.7 Å². The van der Waals surface area contributed by atoms with Gasteiger partial charge >= 0.3 is 7.25 Å². The van der Waals surface area contributed by atoms with Gasteiger partial charge in [0.2, 0.25) is 0 Å². The van der Waals surface area contributed by atoms with Crippen molar-refractivity contribution in [2.75, 3.05) is 13.1 Å². The van der Waals surface area contributed by atoms with Crippen LogP contribution in [0.2, 0.25) is 0 Å². The van der Waals surface area contributed by atoms with Gasteiger partial charge in [-0.2, -0.15) is 4.79 Å². The molecule has 0 unspecified atom stereocenters. The zero-order chi connectivity index (χ0) is 14.5. The Bertz CT molecular complexity index is 424. The summed E-state index contributed by atoms with van der Waals surface area (Å²) >= 11 is 0. The van der Waals surface area contributed by atoms with Crippen LogP contribution in [-0.2, 0) is 0 Å². The summed E-state index contributed by atoms with van der Waals surface area (Å²) < 4.78 is 39.0. The Morgan fingerprint density at radius 2 is 1.74 bits per heavy atom. The molecule has 106 valence electrons. The number of likely N-dealkylation sites (tertiary alicyclic amines) is 1. The molecular formula is C11H15BF4N3-. The molecule has 2 rings (SSSR count). The summed E-state index contributed by atoms with van der Waals surface area (Å²) in [5.74, 6) is 0. The Labute approximate surface area is 109 Å². The summed E-state index contributed by atoms with van der Waals surface area (Å²) in [5, 5.41) is 0. The first kappa shape index (κ1) is 15.5. The number of nitrogens with zero attached hydrogens (tertiary/aromatic N) is 3. The van der Waals surface area contributed by atoms with E-state index in [-0.39, 0.29) is 0 Å². The van der Waals surface area contributed by atoms with E-state index in [0.717, 1.165) is 12.1 Å². The van der Waals surface area contributed by atoms with E-state index in [2.05, 4.69) is 22.7 Å². The van der Waals surface area contributed by atoms with Crippen molar-refractivity contribution >= 4 is 13.0 Å². The van der Waals surface area contributed by atoms with Gasteiger partial charge in [0.15, 0.2) is 0 Å². The van der Waals surface area contributed by atoms with E-state index in [0.29, 0.717) is 0 Å². The summed E-state index contributed by atoms with van der Waals surface area (Å²) in [4.78, 5) is 5.65. The molecule has 0 aromatic carbocycles. The molecule has 1 saturated heterocycles. The predicted molar refractivity (Wildman–Crippen MR) is 66.1 cm³/mol. The van der Waals surface area contributed by atoms with Crippen LogP contribution in [0.25, 0.3) is 5.53 Å². The molecule has 1 fully saturated rings. The predicted octanol–water partition coefficient (Wildman–Crippen LogP) is 3.29. The number of halogens is 4. The van der Waals surface area contributed by atoms with Crippen molar-refractivity contribution in [1.82, 2.24) is 4.90 Å². The molecule has 0 atom stereocenters. The summed E-state index contributed by atoms with van der Waals surface area (Å²) in [6.45, 7) is 4.42. The maximum Gasteiger partial charge on any atom is 0.673 e. The molecule has 0 saturated carbocycles. The van der Waals surface area contributed by atoms with E-state index < -0.39 is 7.25 Å². The Hall–Kier alpha value is -1.56. The SMILES string of the molecule is CC1=CC(=[N+]=[N-])CC=C1N1CCCC1.F[B-](F)(F)F. The average molecular weight is 276 g/mol. The average Bonchev–Trinajstić information content (AvgIpc) is 2.80. The van der Waals surface area contributed by atoms with Gasteiger partial charge in [0.05, 0.1) is 6.42 Å².